The van der Waals surface area contributed by atoms with Crippen LogP contribution in [0, 0.1) is 0 Å². The van der Waals surface area contributed by atoms with Crippen LogP contribution in [0.15, 0.2) is 57.2 Å². The lowest BCUT2D eigenvalue weighted by Crippen LogP contribution is -2.33. The third-order valence-corrected chi connectivity index (χ3v) is 7.60. The lowest BCUT2D eigenvalue weighted by Gasteiger charge is -2.18. The highest BCUT2D eigenvalue weighted by molar-refractivity contribution is 7.99. The van der Waals surface area contributed by atoms with Gasteiger partial charge in [-0.05, 0) is 48.1 Å². The van der Waals surface area contributed by atoms with Crippen molar-refractivity contribution in [2.45, 2.75) is 40.1 Å². The fraction of sp³-hybridized carbons (Fsp3) is 0.381. The first-order valence-corrected chi connectivity index (χ1v) is 12.2. The van der Waals surface area contributed by atoms with Gasteiger partial charge in [0, 0.05) is 23.9 Å². The second kappa shape index (κ2) is 9.72. The third-order valence-electron chi connectivity index (χ3n) is 4.98. The number of hydrogen-bond acceptors (Lipinski definition) is 7. The number of sulfone groups is 1. The number of halogens is 3. The molecule has 1 unspecified atom stereocenters. The van der Waals surface area contributed by atoms with Crippen LogP contribution in [0.5, 0.6) is 5.75 Å². The van der Waals surface area contributed by atoms with Crippen LogP contribution in [-0.4, -0.2) is 51.6 Å². The van der Waals surface area contributed by atoms with Gasteiger partial charge in [-0.3, -0.25) is 0 Å². The monoisotopic (exact) mass is 489 g/mol. The molecule has 0 radical (unpaired) electrons. The standard InChI is InChI=1S/C21H22F3NO5S2/c1-3-31-15-5-4-6-16(11-15)32(27,28)17-7-8-18(19(12-17)29-2)14-9-10-25(13-14)30-20(26)21(22,23)24/h4-8,11-12,14H,3,9-10,13H2,1-2H3. The van der Waals surface area contributed by atoms with Crippen LogP contribution < -0.4 is 4.74 Å². The maximum absolute atomic E-state index is 13.1. The predicted molar refractivity (Wildman–Crippen MR) is 112 cm³/mol. The maximum Gasteiger partial charge on any atom is 0.492 e. The Morgan fingerprint density at radius 2 is 1.91 bits per heavy atom. The smallest absolute Gasteiger partial charge is 0.492 e. The van der Waals surface area contributed by atoms with E-state index >= 15 is 0 Å². The molecule has 3 rings (SSSR count). The molecule has 1 aliphatic rings. The Bertz CT molecular complexity index is 1090. The Labute approximate surface area is 188 Å². The zero-order chi connectivity index (χ0) is 23.5. The van der Waals surface area contributed by atoms with Gasteiger partial charge in [0.2, 0.25) is 9.84 Å². The van der Waals surface area contributed by atoms with Crippen LogP contribution in [0.2, 0.25) is 0 Å². The fourth-order valence-electron chi connectivity index (χ4n) is 3.46. The number of hydrogen-bond donors (Lipinski definition) is 0. The van der Waals surface area contributed by atoms with Crippen LogP contribution in [-0.2, 0) is 19.5 Å². The van der Waals surface area contributed by atoms with Crippen molar-refractivity contribution in [2.75, 3.05) is 26.0 Å². The lowest BCUT2D eigenvalue weighted by atomic mass is 9.97. The molecule has 32 heavy (non-hydrogen) atoms. The SMILES string of the molecule is CCSc1cccc(S(=O)(=O)c2ccc(C3CCN(OC(=O)C(F)(F)F)C3)c(OC)c2)c1. The van der Waals surface area contributed by atoms with Crippen molar-refractivity contribution in [3.63, 3.8) is 0 Å². The summed E-state index contributed by atoms with van der Waals surface area (Å²) in [5.74, 6) is -1.44. The van der Waals surface area contributed by atoms with E-state index in [2.05, 4.69) is 4.84 Å². The molecule has 174 valence electrons. The molecule has 2 aromatic rings. The summed E-state index contributed by atoms with van der Waals surface area (Å²) in [6.07, 6.45) is -4.65. The number of ether oxygens (including phenoxy) is 1. The van der Waals surface area contributed by atoms with E-state index in [1.165, 1.54) is 37.1 Å². The van der Waals surface area contributed by atoms with E-state index in [1.54, 1.807) is 18.2 Å². The van der Waals surface area contributed by atoms with Gasteiger partial charge in [0.25, 0.3) is 0 Å². The highest BCUT2D eigenvalue weighted by Gasteiger charge is 2.43. The zero-order valence-electron chi connectivity index (χ0n) is 17.4. The average molecular weight is 490 g/mol. The van der Waals surface area contributed by atoms with E-state index in [4.69, 9.17) is 4.74 Å². The summed E-state index contributed by atoms with van der Waals surface area (Å²) >= 11 is 1.53. The summed E-state index contributed by atoms with van der Waals surface area (Å²) in [4.78, 5) is 16.5. The molecule has 1 fully saturated rings. The number of rotatable bonds is 7. The predicted octanol–water partition coefficient (Wildman–Crippen LogP) is 4.45. The van der Waals surface area contributed by atoms with Gasteiger partial charge in [0.15, 0.2) is 0 Å². The van der Waals surface area contributed by atoms with Crippen molar-refractivity contribution in [1.29, 1.82) is 0 Å². The molecule has 0 aliphatic carbocycles. The van der Waals surface area contributed by atoms with Crippen molar-refractivity contribution < 1.29 is 36.0 Å². The van der Waals surface area contributed by atoms with Gasteiger partial charge >= 0.3 is 12.1 Å². The van der Waals surface area contributed by atoms with Crippen LogP contribution in [0.1, 0.15) is 24.8 Å². The molecule has 1 atom stereocenters. The van der Waals surface area contributed by atoms with Gasteiger partial charge in [-0.15, -0.1) is 16.8 Å². The van der Waals surface area contributed by atoms with Crippen molar-refractivity contribution in [1.82, 2.24) is 5.06 Å². The Morgan fingerprint density at radius 1 is 1.19 bits per heavy atom. The zero-order valence-corrected chi connectivity index (χ0v) is 19.0. The van der Waals surface area contributed by atoms with E-state index in [1.807, 2.05) is 13.0 Å². The van der Waals surface area contributed by atoms with E-state index in [-0.39, 0.29) is 28.8 Å². The number of benzene rings is 2. The molecule has 0 bridgehead atoms. The van der Waals surface area contributed by atoms with E-state index in [0.717, 1.165) is 15.7 Å². The molecule has 0 spiro atoms. The van der Waals surface area contributed by atoms with Crippen LogP contribution in [0.25, 0.3) is 0 Å². The minimum absolute atomic E-state index is 0.0422. The summed E-state index contributed by atoms with van der Waals surface area (Å²) in [6.45, 7) is 2.14. The average Bonchev–Trinajstić information content (AvgIpc) is 3.21. The van der Waals surface area contributed by atoms with Crippen LogP contribution in [0.3, 0.4) is 0 Å². The summed E-state index contributed by atoms with van der Waals surface area (Å²) in [5, 5.41) is 0.960. The van der Waals surface area contributed by atoms with E-state index < -0.39 is 22.0 Å². The second-order valence-corrected chi connectivity index (χ2v) is 10.4. The normalized spacial score (nSPS) is 17.3. The minimum atomic E-state index is -5.07. The molecule has 11 heteroatoms. The summed E-state index contributed by atoms with van der Waals surface area (Å²) in [5.41, 5.74) is 0.632. The number of methoxy groups -OCH3 is 1. The molecule has 6 nitrogen and oxygen atoms in total. The topological polar surface area (TPSA) is 72.9 Å². The fourth-order valence-corrected chi connectivity index (χ4v) is 5.58. The largest absolute Gasteiger partial charge is 0.496 e. The van der Waals surface area contributed by atoms with Crippen LogP contribution >= 0.6 is 11.8 Å². The van der Waals surface area contributed by atoms with Gasteiger partial charge in [0.05, 0.1) is 16.9 Å². The molecule has 0 saturated carbocycles. The van der Waals surface area contributed by atoms with Crippen LogP contribution in [0.4, 0.5) is 13.2 Å². The van der Waals surface area contributed by atoms with Crippen molar-refractivity contribution >= 4 is 27.6 Å². The molecule has 1 heterocycles. The Balaban J connectivity index is 1.82. The van der Waals surface area contributed by atoms with Crippen molar-refractivity contribution in [3.05, 3.63) is 48.0 Å². The molecule has 0 N–H and O–H groups in total. The Kier molecular flexibility index (Phi) is 7.41. The molecular weight excluding hydrogens is 467 g/mol. The molecule has 1 saturated heterocycles. The van der Waals surface area contributed by atoms with Gasteiger partial charge in [-0.1, -0.05) is 19.1 Å². The Morgan fingerprint density at radius 3 is 2.56 bits per heavy atom. The van der Waals surface area contributed by atoms with Crippen molar-refractivity contribution in [2.24, 2.45) is 0 Å². The highest BCUT2D eigenvalue weighted by Crippen LogP contribution is 2.37. The number of carbonyl (C=O) groups is 1. The quantitative estimate of drug-likeness (QED) is 0.532. The molecule has 2 aromatic carbocycles. The summed E-state index contributed by atoms with van der Waals surface area (Å²) in [6, 6.07) is 11.1. The number of nitrogens with zero attached hydrogens (tertiary/aromatic N) is 1. The Hall–Kier alpha value is -2.24. The number of hydroxylamine groups is 2. The number of thioether (sulfide) groups is 1. The number of carbonyl (C=O) groups excluding carboxylic acids is 1. The lowest BCUT2D eigenvalue weighted by molar-refractivity contribution is -0.235. The van der Waals surface area contributed by atoms with Gasteiger partial charge in [-0.25, -0.2) is 13.2 Å². The molecule has 0 aromatic heterocycles. The van der Waals surface area contributed by atoms with E-state index in [0.29, 0.717) is 17.7 Å². The third kappa shape index (κ3) is 5.38. The maximum atomic E-state index is 13.1. The molecule has 1 aliphatic heterocycles. The minimum Gasteiger partial charge on any atom is -0.496 e. The summed E-state index contributed by atoms with van der Waals surface area (Å²) in [7, 11) is -2.40. The molecule has 0 amide bonds. The second-order valence-electron chi connectivity index (χ2n) is 7.07. The highest BCUT2D eigenvalue weighted by atomic mass is 32.2. The van der Waals surface area contributed by atoms with Crippen molar-refractivity contribution in [3.8, 4) is 5.75 Å². The first-order chi connectivity index (χ1) is 15.1. The summed E-state index contributed by atoms with van der Waals surface area (Å²) < 4.78 is 68.9. The van der Waals surface area contributed by atoms with Gasteiger partial charge < -0.3 is 9.57 Å². The van der Waals surface area contributed by atoms with E-state index in [9.17, 15) is 26.4 Å². The number of alkyl halides is 3. The molecular formula is C21H22F3NO5S2. The first-order valence-electron chi connectivity index (χ1n) is 9.76. The van der Waals surface area contributed by atoms with Gasteiger partial charge in [-0.2, -0.15) is 13.2 Å². The van der Waals surface area contributed by atoms with Gasteiger partial charge in [0.1, 0.15) is 5.75 Å². The first kappa shape index (κ1) is 24.4.